The van der Waals surface area contributed by atoms with Gasteiger partial charge >= 0.3 is 0 Å². The van der Waals surface area contributed by atoms with Crippen molar-refractivity contribution in [2.45, 2.75) is 25.0 Å². The highest BCUT2D eigenvalue weighted by molar-refractivity contribution is 7.14. The van der Waals surface area contributed by atoms with Crippen molar-refractivity contribution in [2.75, 3.05) is 31.1 Å². The van der Waals surface area contributed by atoms with Gasteiger partial charge in [-0.3, -0.25) is 9.69 Å². The number of carbonyl (C=O) groups excluding carboxylic acids is 1. The van der Waals surface area contributed by atoms with E-state index in [0.29, 0.717) is 53.9 Å². The van der Waals surface area contributed by atoms with Crippen molar-refractivity contribution in [1.82, 2.24) is 9.88 Å². The van der Waals surface area contributed by atoms with Crippen LogP contribution >= 0.6 is 22.7 Å². The van der Waals surface area contributed by atoms with Gasteiger partial charge in [-0.2, -0.15) is 0 Å². The number of benzene rings is 1. The maximum Gasteiger partial charge on any atom is 0.270 e. The summed E-state index contributed by atoms with van der Waals surface area (Å²) in [5, 5.41) is 25.0. The standard InChI is InChI=1S/C24H25N3O4S2/c28-22(21-7-3-14-32-21)27(11-4-10-26-12-8-24(29,30)9-13-26)23-25-18(16-33-23)20-15-17-5-1-2-6-19(17)31-20/h1-3,5-7,14-16,29-30H,4,8-13H2. The summed E-state index contributed by atoms with van der Waals surface area (Å²) in [5.74, 6) is -0.920. The molecule has 0 aliphatic carbocycles. The molecule has 1 fully saturated rings. The monoisotopic (exact) mass is 483 g/mol. The molecule has 0 unspecified atom stereocenters. The van der Waals surface area contributed by atoms with Gasteiger partial charge < -0.3 is 19.5 Å². The van der Waals surface area contributed by atoms with Crippen molar-refractivity contribution in [3.63, 3.8) is 0 Å². The molecule has 4 heterocycles. The summed E-state index contributed by atoms with van der Waals surface area (Å²) in [6.45, 7) is 2.59. The summed E-state index contributed by atoms with van der Waals surface area (Å²) in [6, 6.07) is 13.5. The number of aromatic nitrogens is 1. The number of nitrogens with zero attached hydrogens (tertiary/aromatic N) is 3. The zero-order valence-electron chi connectivity index (χ0n) is 18.0. The van der Waals surface area contributed by atoms with Gasteiger partial charge in [-0.25, -0.2) is 4.98 Å². The number of piperidine rings is 1. The molecular formula is C24H25N3O4S2. The zero-order chi connectivity index (χ0) is 22.8. The maximum absolute atomic E-state index is 13.3. The molecule has 0 bridgehead atoms. The molecule has 0 radical (unpaired) electrons. The van der Waals surface area contributed by atoms with Crippen LogP contribution in [-0.4, -0.2) is 58.0 Å². The number of thiazole rings is 1. The topological polar surface area (TPSA) is 90.0 Å². The number of hydrogen-bond donors (Lipinski definition) is 2. The molecule has 9 heteroatoms. The van der Waals surface area contributed by atoms with E-state index < -0.39 is 5.79 Å². The average molecular weight is 484 g/mol. The fraction of sp³-hybridized carbons (Fsp3) is 0.333. The summed E-state index contributed by atoms with van der Waals surface area (Å²) >= 11 is 2.86. The van der Waals surface area contributed by atoms with Gasteiger partial charge in [-0.15, -0.1) is 22.7 Å². The Morgan fingerprint density at radius 1 is 1.15 bits per heavy atom. The van der Waals surface area contributed by atoms with E-state index in [-0.39, 0.29) is 5.91 Å². The van der Waals surface area contributed by atoms with E-state index in [2.05, 4.69) is 4.90 Å². The van der Waals surface area contributed by atoms with Crippen LogP contribution in [-0.2, 0) is 0 Å². The van der Waals surface area contributed by atoms with E-state index in [1.54, 1.807) is 4.90 Å². The average Bonchev–Trinajstić information content (AvgIpc) is 3.57. The van der Waals surface area contributed by atoms with Gasteiger partial charge in [-0.1, -0.05) is 24.3 Å². The molecule has 0 atom stereocenters. The van der Waals surface area contributed by atoms with E-state index >= 15 is 0 Å². The highest BCUT2D eigenvalue weighted by atomic mass is 32.1. The Kier molecular flexibility index (Phi) is 6.31. The van der Waals surface area contributed by atoms with Crippen LogP contribution in [0.15, 0.2) is 57.6 Å². The lowest BCUT2D eigenvalue weighted by atomic mass is 10.0. The molecule has 1 saturated heterocycles. The number of anilines is 1. The summed E-state index contributed by atoms with van der Waals surface area (Å²) in [7, 11) is 0. The Labute approximate surface area is 199 Å². The van der Waals surface area contributed by atoms with Crippen LogP contribution < -0.4 is 4.90 Å². The lowest BCUT2D eigenvalue weighted by molar-refractivity contribution is -0.188. The normalized spacial score (nSPS) is 16.3. The molecule has 1 aromatic carbocycles. The van der Waals surface area contributed by atoms with Crippen LogP contribution in [0.25, 0.3) is 22.4 Å². The second-order valence-corrected chi connectivity index (χ2v) is 10.1. The largest absolute Gasteiger partial charge is 0.454 e. The Bertz CT molecular complexity index is 1190. The molecule has 4 aromatic rings. The summed E-state index contributed by atoms with van der Waals surface area (Å²) in [6.07, 6.45) is 1.46. The van der Waals surface area contributed by atoms with E-state index in [1.165, 1.54) is 22.7 Å². The predicted octanol–water partition coefficient (Wildman–Crippen LogP) is 4.43. The summed E-state index contributed by atoms with van der Waals surface area (Å²) in [4.78, 5) is 22.6. The zero-order valence-corrected chi connectivity index (χ0v) is 19.6. The highest BCUT2D eigenvalue weighted by Crippen LogP contribution is 2.32. The molecule has 1 amide bonds. The van der Waals surface area contributed by atoms with Crippen molar-refractivity contribution in [3.8, 4) is 11.5 Å². The molecule has 7 nitrogen and oxygen atoms in total. The number of amides is 1. The van der Waals surface area contributed by atoms with Crippen molar-refractivity contribution in [1.29, 1.82) is 0 Å². The van der Waals surface area contributed by atoms with E-state index in [9.17, 15) is 15.0 Å². The maximum atomic E-state index is 13.3. The van der Waals surface area contributed by atoms with Crippen LogP contribution in [0.5, 0.6) is 0 Å². The number of furan rings is 1. The first-order valence-corrected chi connectivity index (χ1v) is 12.7. The van der Waals surface area contributed by atoms with Gasteiger partial charge in [0.25, 0.3) is 5.91 Å². The third-order valence-corrected chi connectivity index (χ3v) is 7.61. The Morgan fingerprint density at radius 3 is 2.73 bits per heavy atom. The van der Waals surface area contributed by atoms with Crippen LogP contribution in [0.4, 0.5) is 5.13 Å². The summed E-state index contributed by atoms with van der Waals surface area (Å²) < 4.78 is 5.95. The third kappa shape index (κ3) is 5.02. The predicted molar refractivity (Wildman–Crippen MR) is 131 cm³/mol. The number of likely N-dealkylation sites (tertiary alicyclic amines) is 1. The number of hydrogen-bond acceptors (Lipinski definition) is 8. The smallest absolute Gasteiger partial charge is 0.270 e. The number of aliphatic hydroxyl groups is 2. The molecule has 3 aromatic heterocycles. The molecule has 0 spiro atoms. The van der Waals surface area contributed by atoms with Crippen molar-refractivity contribution >= 4 is 44.7 Å². The van der Waals surface area contributed by atoms with Gasteiger partial charge in [-0.05, 0) is 36.5 Å². The lowest BCUT2D eigenvalue weighted by Crippen LogP contribution is -2.45. The number of rotatable bonds is 7. The van der Waals surface area contributed by atoms with E-state index in [0.717, 1.165) is 23.9 Å². The fourth-order valence-electron chi connectivity index (χ4n) is 4.01. The minimum absolute atomic E-state index is 0.0566. The van der Waals surface area contributed by atoms with Crippen LogP contribution in [0.3, 0.4) is 0 Å². The molecule has 1 aliphatic heterocycles. The molecule has 33 heavy (non-hydrogen) atoms. The number of para-hydroxylation sites is 1. The van der Waals surface area contributed by atoms with Crippen molar-refractivity contribution < 1.29 is 19.4 Å². The first-order chi connectivity index (χ1) is 16.0. The molecular weight excluding hydrogens is 458 g/mol. The van der Waals surface area contributed by atoms with Gasteiger partial charge in [0.15, 0.2) is 16.7 Å². The Hall–Kier alpha value is -2.56. The first kappa shape index (κ1) is 22.2. The highest BCUT2D eigenvalue weighted by Gasteiger charge is 2.29. The quantitative estimate of drug-likeness (QED) is 0.378. The van der Waals surface area contributed by atoms with Crippen LogP contribution in [0, 0.1) is 0 Å². The fourth-order valence-corrected chi connectivity index (χ4v) is 5.52. The van der Waals surface area contributed by atoms with Gasteiger partial charge in [0.1, 0.15) is 11.3 Å². The third-order valence-electron chi connectivity index (χ3n) is 5.89. The SMILES string of the molecule is O=C(c1cccs1)N(CCCN1CCC(O)(O)CC1)c1nc(-c2cc3ccccc3o2)cs1. The molecule has 2 N–H and O–H groups in total. The van der Waals surface area contributed by atoms with Crippen molar-refractivity contribution in [3.05, 3.63) is 58.1 Å². The number of carbonyl (C=O) groups is 1. The van der Waals surface area contributed by atoms with E-state index in [1.807, 2.05) is 53.2 Å². The number of fused-ring (bicyclic) bond motifs is 1. The number of thiophene rings is 1. The first-order valence-electron chi connectivity index (χ1n) is 11.0. The van der Waals surface area contributed by atoms with Crippen molar-refractivity contribution in [2.24, 2.45) is 0 Å². The summed E-state index contributed by atoms with van der Waals surface area (Å²) in [5.41, 5.74) is 1.53. The second kappa shape index (κ2) is 9.36. The molecule has 5 rings (SSSR count). The second-order valence-electron chi connectivity index (χ2n) is 8.28. The minimum atomic E-state index is -1.55. The van der Waals surface area contributed by atoms with Crippen LogP contribution in [0.2, 0.25) is 0 Å². The van der Waals surface area contributed by atoms with Gasteiger partial charge in [0, 0.05) is 43.2 Å². The van der Waals surface area contributed by atoms with Gasteiger partial charge in [0.2, 0.25) is 0 Å². The van der Waals surface area contributed by atoms with Crippen LogP contribution in [0.1, 0.15) is 28.9 Å². The molecule has 1 aliphatic rings. The van der Waals surface area contributed by atoms with E-state index in [4.69, 9.17) is 9.40 Å². The minimum Gasteiger partial charge on any atom is -0.454 e. The Morgan fingerprint density at radius 2 is 1.97 bits per heavy atom. The molecule has 172 valence electrons. The van der Waals surface area contributed by atoms with Gasteiger partial charge in [0.05, 0.1) is 4.88 Å². The molecule has 0 saturated carbocycles. The Balaban J connectivity index is 1.32. The lowest BCUT2D eigenvalue weighted by Gasteiger charge is -2.34.